The Morgan fingerprint density at radius 3 is 2.79 bits per heavy atom. The first kappa shape index (κ1) is 19.0. The fourth-order valence-corrected chi connectivity index (χ4v) is 4.30. The van der Waals surface area contributed by atoms with Gasteiger partial charge in [-0.1, -0.05) is 0 Å². The highest BCUT2D eigenvalue weighted by Crippen LogP contribution is 2.45. The van der Waals surface area contributed by atoms with Gasteiger partial charge in [0.25, 0.3) is 5.91 Å². The van der Waals surface area contributed by atoms with Gasteiger partial charge in [-0.15, -0.1) is 5.10 Å². The number of likely N-dealkylation sites (tertiary alicyclic amines) is 1. The summed E-state index contributed by atoms with van der Waals surface area (Å²) in [4.78, 5) is 22.6. The van der Waals surface area contributed by atoms with Gasteiger partial charge in [-0.3, -0.25) is 14.5 Å². The van der Waals surface area contributed by atoms with Crippen LogP contribution in [-0.4, -0.2) is 63.5 Å². The van der Waals surface area contributed by atoms with Crippen LogP contribution in [0.5, 0.6) is 0 Å². The number of ether oxygens (including phenoxy) is 2. The highest BCUT2D eigenvalue weighted by atomic mass is 16.5. The number of piperidine rings is 1. The molecule has 2 aromatic rings. The van der Waals surface area contributed by atoms with Gasteiger partial charge in [0, 0.05) is 45.1 Å². The van der Waals surface area contributed by atoms with Gasteiger partial charge in [0.15, 0.2) is 0 Å². The summed E-state index contributed by atoms with van der Waals surface area (Å²) < 4.78 is 13.4. The Morgan fingerprint density at radius 2 is 2.07 bits per heavy atom. The van der Waals surface area contributed by atoms with Crippen LogP contribution in [0.2, 0.25) is 0 Å². The molecule has 4 heterocycles. The molecule has 8 heteroatoms. The summed E-state index contributed by atoms with van der Waals surface area (Å²) in [7, 11) is 1.77. The van der Waals surface area contributed by atoms with Crippen LogP contribution in [0.25, 0.3) is 0 Å². The molecule has 8 nitrogen and oxygen atoms in total. The fraction of sp³-hybridized carbons (Fsp3) is 0.600. The molecular weight excluding hydrogens is 358 g/mol. The minimum absolute atomic E-state index is 0.0759. The number of pyridine rings is 1. The lowest BCUT2D eigenvalue weighted by molar-refractivity contribution is -0.0990. The Hall–Kier alpha value is -2.32. The molecule has 0 aromatic carbocycles. The van der Waals surface area contributed by atoms with Gasteiger partial charge in [-0.25, -0.2) is 4.98 Å². The molecule has 2 aliphatic heterocycles. The van der Waals surface area contributed by atoms with Gasteiger partial charge >= 0.3 is 0 Å². The lowest BCUT2D eigenvalue weighted by atomic mass is 9.66. The van der Waals surface area contributed by atoms with E-state index in [0.29, 0.717) is 19.1 Å². The predicted octanol–water partition coefficient (Wildman–Crippen LogP) is 1.69. The van der Waals surface area contributed by atoms with E-state index >= 15 is 0 Å². The number of carbonyl (C=O) groups is 1. The third-order valence-corrected chi connectivity index (χ3v) is 6.10. The topological polar surface area (TPSA) is 82.4 Å². The Morgan fingerprint density at radius 1 is 1.29 bits per heavy atom. The molecule has 2 fully saturated rings. The second-order valence-electron chi connectivity index (χ2n) is 7.79. The van der Waals surface area contributed by atoms with Crippen molar-refractivity contribution in [3.05, 3.63) is 42.2 Å². The Labute approximate surface area is 164 Å². The molecule has 1 amide bonds. The van der Waals surface area contributed by atoms with Crippen LogP contribution in [0.1, 0.15) is 35.4 Å². The van der Waals surface area contributed by atoms with Crippen molar-refractivity contribution in [2.45, 2.75) is 25.9 Å². The molecule has 1 spiro atoms. The van der Waals surface area contributed by atoms with Crippen LogP contribution in [0.4, 0.5) is 0 Å². The Kier molecular flexibility index (Phi) is 5.68. The monoisotopic (exact) mass is 385 g/mol. The van der Waals surface area contributed by atoms with Crippen molar-refractivity contribution < 1.29 is 14.3 Å². The maximum Gasteiger partial charge on any atom is 0.293 e. The van der Waals surface area contributed by atoms with Crippen LogP contribution >= 0.6 is 0 Å². The van der Waals surface area contributed by atoms with Gasteiger partial charge < -0.3 is 14.4 Å². The summed E-state index contributed by atoms with van der Waals surface area (Å²) in [5.41, 5.74) is 1.31. The van der Waals surface area contributed by atoms with E-state index in [1.807, 2.05) is 17.0 Å². The molecule has 28 heavy (non-hydrogen) atoms. The number of carbonyl (C=O) groups excluding carboxylic acids is 1. The summed E-state index contributed by atoms with van der Waals surface area (Å²) in [6.45, 7) is 4.25. The molecule has 2 aromatic heterocycles. The third-order valence-electron chi connectivity index (χ3n) is 6.10. The minimum Gasteiger partial charge on any atom is -0.381 e. The number of aromatic nitrogens is 4. The number of hydrogen-bond acceptors (Lipinski definition) is 6. The van der Waals surface area contributed by atoms with E-state index in [2.05, 4.69) is 15.1 Å². The van der Waals surface area contributed by atoms with Gasteiger partial charge in [-0.2, -0.15) is 0 Å². The fourth-order valence-electron chi connectivity index (χ4n) is 4.30. The largest absolute Gasteiger partial charge is 0.381 e. The smallest absolute Gasteiger partial charge is 0.293 e. The highest BCUT2D eigenvalue weighted by molar-refractivity contribution is 5.90. The van der Waals surface area contributed by atoms with Gasteiger partial charge in [0.05, 0.1) is 19.8 Å². The molecular formula is C20H27N5O3. The first-order valence-corrected chi connectivity index (χ1v) is 9.86. The van der Waals surface area contributed by atoms with Gasteiger partial charge in [-0.05, 0) is 42.4 Å². The Balaban J connectivity index is 1.34. The molecule has 0 radical (unpaired) electrons. The first-order valence-electron chi connectivity index (χ1n) is 9.86. The maximum atomic E-state index is 12.6. The van der Waals surface area contributed by atoms with E-state index in [1.165, 1.54) is 0 Å². The van der Waals surface area contributed by atoms with Gasteiger partial charge in [0.1, 0.15) is 6.33 Å². The van der Waals surface area contributed by atoms with Crippen molar-refractivity contribution in [3.63, 3.8) is 0 Å². The van der Waals surface area contributed by atoms with Crippen molar-refractivity contribution in [2.24, 2.45) is 18.4 Å². The number of nitrogens with zero attached hydrogens (tertiary/aromatic N) is 5. The summed E-state index contributed by atoms with van der Waals surface area (Å²) in [5.74, 6) is 0.559. The lowest BCUT2D eigenvalue weighted by Gasteiger charge is -2.48. The van der Waals surface area contributed by atoms with E-state index in [1.54, 1.807) is 30.5 Å². The number of aryl methyl sites for hydroxylation is 1. The molecule has 0 unspecified atom stereocenters. The molecule has 2 saturated heterocycles. The van der Waals surface area contributed by atoms with Crippen LogP contribution in [0.15, 0.2) is 30.9 Å². The van der Waals surface area contributed by atoms with Gasteiger partial charge in [0.2, 0.25) is 5.82 Å². The maximum absolute atomic E-state index is 12.6. The zero-order valence-electron chi connectivity index (χ0n) is 16.3. The standard InChI is InChI=1S/C20H27N5O3/c1-24-15-22-18(23-24)19(26)25-9-4-20(5-10-25)6-11-27-13-17(20)14-28-12-16-2-7-21-8-3-16/h2-3,7-8,15,17H,4-6,9-14H2,1H3/t17-/m0/s1. The summed E-state index contributed by atoms with van der Waals surface area (Å²) in [5, 5.41) is 4.14. The molecule has 1 atom stereocenters. The van der Waals surface area contributed by atoms with E-state index in [-0.39, 0.29) is 17.1 Å². The zero-order valence-corrected chi connectivity index (χ0v) is 16.3. The van der Waals surface area contributed by atoms with Crippen molar-refractivity contribution in [1.29, 1.82) is 0 Å². The number of hydrogen-bond donors (Lipinski definition) is 0. The first-order chi connectivity index (χ1) is 13.7. The van der Waals surface area contributed by atoms with E-state index in [9.17, 15) is 4.79 Å². The molecule has 0 saturated carbocycles. The van der Waals surface area contributed by atoms with Crippen molar-refractivity contribution in [1.82, 2.24) is 24.6 Å². The zero-order chi connectivity index (χ0) is 19.4. The quantitative estimate of drug-likeness (QED) is 0.779. The number of amides is 1. The molecule has 0 aliphatic carbocycles. The van der Waals surface area contributed by atoms with E-state index < -0.39 is 0 Å². The molecule has 0 N–H and O–H groups in total. The van der Waals surface area contributed by atoms with Crippen LogP contribution in [0.3, 0.4) is 0 Å². The van der Waals surface area contributed by atoms with Crippen LogP contribution in [0, 0.1) is 11.3 Å². The molecule has 2 aliphatic rings. The van der Waals surface area contributed by atoms with E-state index in [0.717, 1.165) is 51.1 Å². The summed E-state index contributed by atoms with van der Waals surface area (Å²) in [6.07, 6.45) is 8.10. The average molecular weight is 385 g/mol. The second kappa shape index (κ2) is 8.36. The second-order valence-corrected chi connectivity index (χ2v) is 7.79. The molecule has 0 bridgehead atoms. The normalized spacial score (nSPS) is 21.8. The van der Waals surface area contributed by atoms with Crippen LogP contribution < -0.4 is 0 Å². The lowest BCUT2D eigenvalue weighted by Crippen LogP contribution is -2.50. The Bertz CT molecular complexity index is 786. The minimum atomic E-state index is -0.0759. The average Bonchev–Trinajstić information content (AvgIpc) is 3.17. The van der Waals surface area contributed by atoms with Crippen molar-refractivity contribution >= 4 is 5.91 Å². The van der Waals surface area contributed by atoms with Crippen LogP contribution in [-0.2, 0) is 23.1 Å². The molecule has 150 valence electrons. The van der Waals surface area contributed by atoms with Crippen molar-refractivity contribution in [3.8, 4) is 0 Å². The SMILES string of the molecule is Cn1cnc(C(=O)N2CCC3(CCOC[C@H]3COCc3ccncc3)CC2)n1. The van der Waals surface area contributed by atoms with Crippen molar-refractivity contribution in [2.75, 3.05) is 32.9 Å². The third kappa shape index (κ3) is 4.07. The molecule has 4 rings (SSSR count). The summed E-state index contributed by atoms with van der Waals surface area (Å²) in [6, 6.07) is 3.95. The summed E-state index contributed by atoms with van der Waals surface area (Å²) >= 11 is 0. The highest BCUT2D eigenvalue weighted by Gasteiger charge is 2.44. The number of rotatable bonds is 5. The predicted molar refractivity (Wildman–Crippen MR) is 101 cm³/mol. The van der Waals surface area contributed by atoms with E-state index in [4.69, 9.17) is 9.47 Å².